The first-order chi connectivity index (χ1) is 15.7. The number of hydrogen-bond donors (Lipinski definition) is 1. The summed E-state index contributed by atoms with van der Waals surface area (Å²) in [5.74, 6) is 5.17. The van der Waals surface area contributed by atoms with Gasteiger partial charge < -0.3 is 5.11 Å². The fourth-order valence-electron chi connectivity index (χ4n) is 9.82. The van der Waals surface area contributed by atoms with Gasteiger partial charge in [0.2, 0.25) is 0 Å². The quantitative estimate of drug-likeness (QED) is 0.441. The van der Waals surface area contributed by atoms with E-state index in [4.69, 9.17) is 0 Å². The highest BCUT2D eigenvalue weighted by atomic mass is 16.4. The van der Waals surface area contributed by atoms with Gasteiger partial charge in [-0.3, -0.25) is 4.79 Å². The molecule has 0 aromatic heterocycles. The van der Waals surface area contributed by atoms with Crippen LogP contribution in [0.4, 0.5) is 0 Å². The first-order valence-corrected chi connectivity index (χ1v) is 14.9. The van der Waals surface area contributed by atoms with Gasteiger partial charge >= 0.3 is 5.97 Å². The Labute approximate surface area is 207 Å². The Kier molecular flexibility index (Phi) is 10.4. The van der Waals surface area contributed by atoms with Crippen LogP contribution in [-0.4, -0.2) is 11.1 Å². The van der Waals surface area contributed by atoms with E-state index in [2.05, 4.69) is 27.7 Å². The van der Waals surface area contributed by atoms with Crippen molar-refractivity contribution >= 4 is 5.97 Å². The van der Waals surface area contributed by atoms with Gasteiger partial charge in [0, 0.05) is 0 Å². The highest BCUT2D eigenvalue weighted by molar-refractivity contribution is 5.69. The summed E-state index contributed by atoms with van der Waals surface area (Å²) in [6.07, 6.45) is 15.2. The van der Waals surface area contributed by atoms with Crippen molar-refractivity contribution in [3.05, 3.63) is 0 Å². The van der Waals surface area contributed by atoms with Crippen LogP contribution in [0, 0.1) is 58.2 Å². The number of aliphatic carboxylic acids is 1. The molecule has 1 N–H and O–H groups in total. The van der Waals surface area contributed by atoms with Crippen molar-refractivity contribution in [3.8, 4) is 0 Å². The first-order valence-electron chi connectivity index (χ1n) is 14.9. The van der Waals surface area contributed by atoms with E-state index in [-0.39, 0.29) is 5.92 Å². The van der Waals surface area contributed by atoms with Crippen molar-refractivity contribution in [1.82, 2.24) is 0 Å². The molecule has 4 saturated carbocycles. The molecule has 4 aliphatic carbocycles. The lowest BCUT2D eigenvalue weighted by Crippen LogP contribution is -2.55. The SMILES string of the molecule is CC.CC.CC[C@H]1CC2C3CCC([C@H](C)CC(C)C(=O)O)C3(C)CC[C@@H]2C2(C)CCCCC12. The van der Waals surface area contributed by atoms with Crippen molar-refractivity contribution in [2.75, 3.05) is 0 Å². The van der Waals surface area contributed by atoms with Crippen molar-refractivity contribution in [3.63, 3.8) is 0 Å². The number of carboxylic acid groups (broad SMARTS) is 1. The lowest BCUT2D eigenvalue weighted by molar-refractivity contribution is -0.144. The van der Waals surface area contributed by atoms with E-state index in [0.717, 1.165) is 41.9 Å². The summed E-state index contributed by atoms with van der Waals surface area (Å²) in [6, 6.07) is 0. The molecule has 0 aliphatic heterocycles. The Morgan fingerprint density at radius 1 is 0.879 bits per heavy atom. The molecular formula is C31H58O2. The largest absolute Gasteiger partial charge is 0.481 e. The molecule has 0 radical (unpaired) electrons. The number of carbonyl (C=O) groups is 1. The summed E-state index contributed by atoms with van der Waals surface area (Å²) < 4.78 is 0. The monoisotopic (exact) mass is 462 g/mol. The van der Waals surface area contributed by atoms with Crippen LogP contribution in [0.3, 0.4) is 0 Å². The number of rotatable bonds is 5. The number of fused-ring (bicyclic) bond motifs is 5. The normalized spacial score (nSPS) is 43.3. The Morgan fingerprint density at radius 2 is 1.52 bits per heavy atom. The molecule has 0 aromatic rings. The lowest BCUT2D eigenvalue weighted by Gasteiger charge is -2.63. The summed E-state index contributed by atoms with van der Waals surface area (Å²) >= 11 is 0. The standard InChI is InChI=1S/C27H46O2.2C2H6/c1-6-19-16-20-23-11-10-21(17(2)15-18(3)25(28)29)27(23,5)14-12-24(20)26(4)13-8-7-9-22(19)26;2*1-2/h17-24H,6-16H2,1-5H3,(H,28,29);2*1-2H3/t17-,18?,19+,20?,21?,22?,23?,24+,26?,27?;;/m1../s1. The molecule has 0 heterocycles. The van der Waals surface area contributed by atoms with E-state index < -0.39 is 5.97 Å². The molecule has 0 spiro atoms. The average molecular weight is 463 g/mol. The van der Waals surface area contributed by atoms with Crippen molar-refractivity contribution in [2.24, 2.45) is 58.2 Å². The van der Waals surface area contributed by atoms with Gasteiger partial charge in [0.15, 0.2) is 0 Å². The minimum atomic E-state index is -0.616. The fourth-order valence-corrected chi connectivity index (χ4v) is 9.82. The number of hydrogen-bond acceptors (Lipinski definition) is 1. The van der Waals surface area contributed by atoms with Crippen molar-refractivity contribution < 1.29 is 9.90 Å². The van der Waals surface area contributed by atoms with Gasteiger partial charge in [-0.05, 0) is 104 Å². The predicted octanol–water partition coefficient (Wildman–Crippen LogP) is 9.47. The molecule has 4 fully saturated rings. The zero-order valence-electron chi connectivity index (χ0n) is 23.8. The third-order valence-electron chi connectivity index (χ3n) is 11.2. The topological polar surface area (TPSA) is 37.3 Å². The molecule has 2 nitrogen and oxygen atoms in total. The molecule has 4 aliphatic rings. The van der Waals surface area contributed by atoms with Crippen molar-refractivity contribution in [2.45, 2.75) is 133 Å². The smallest absolute Gasteiger partial charge is 0.306 e. The highest BCUT2D eigenvalue weighted by Crippen LogP contribution is 2.69. The van der Waals surface area contributed by atoms with E-state index in [1.807, 2.05) is 34.6 Å². The van der Waals surface area contributed by atoms with Crippen LogP contribution in [0.5, 0.6) is 0 Å². The van der Waals surface area contributed by atoms with Gasteiger partial charge in [-0.1, -0.05) is 81.6 Å². The fraction of sp³-hybridized carbons (Fsp3) is 0.968. The van der Waals surface area contributed by atoms with Crippen LogP contribution in [0.25, 0.3) is 0 Å². The van der Waals surface area contributed by atoms with Gasteiger partial charge in [0.05, 0.1) is 5.92 Å². The van der Waals surface area contributed by atoms with E-state index in [9.17, 15) is 9.90 Å². The van der Waals surface area contributed by atoms with Crippen LogP contribution in [0.15, 0.2) is 0 Å². The molecule has 33 heavy (non-hydrogen) atoms. The molecule has 10 atom stereocenters. The van der Waals surface area contributed by atoms with E-state index in [1.54, 1.807) is 0 Å². The molecule has 7 unspecified atom stereocenters. The van der Waals surface area contributed by atoms with E-state index >= 15 is 0 Å². The molecule has 0 aromatic carbocycles. The highest BCUT2D eigenvalue weighted by Gasteiger charge is 2.61. The lowest BCUT2D eigenvalue weighted by atomic mass is 9.42. The second-order valence-corrected chi connectivity index (χ2v) is 12.3. The van der Waals surface area contributed by atoms with Gasteiger partial charge in [0.25, 0.3) is 0 Å². The maximum Gasteiger partial charge on any atom is 0.306 e. The Morgan fingerprint density at radius 3 is 2.12 bits per heavy atom. The third kappa shape index (κ3) is 5.20. The molecular weight excluding hydrogens is 404 g/mol. The molecule has 194 valence electrons. The van der Waals surface area contributed by atoms with Crippen LogP contribution in [0.1, 0.15) is 133 Å². The summed E-state index contributed by atoms with van der Waals surface area (Å²) in [6.45, 7) is 20.0. The van der Waals surface area contributed by atoms with Gasteiger partial charge in [-0.25, -0.2) is 0 Å². The summed E-state index contributed by atoms with van der Waals surface area (Å²) in [5.41, 5.74) is 1.06. The van der Waals surface area contributed by atoms with Crippen LogP contribution < -0.4 is 0 Å². The summed E-state index contributed by atoms with van der Waals surface area (Å²) in [4.78, 5) is 11.4. The Bertz CT molecular complexity index is 614. The zero-order chi connectivity index (χ0) is 25.0. The second kappa shape index (κ2) is 11.9. The number of carboxylic acids is 1. The van der Waals surface area contributed by atoms with Crippen LogP contribution in [-0.2, 0) is 4.79 Å². The molecule has 2 heteroatoms. The maximum absolute atomic E-state index is 11.4. The molecule has 0 amide bonds. The third-order valence-corrected chi connectivity index (χ3v) is 11.2. The molecule has 4 rings (SSSR count). The van der Waals surface area contributed by atoms with Crippen LogP contribution in [0.2, 0.25) is 0 Å². The Balaban J connectivity index is 0.000000914. The molecule has 0 bridgehead atoms. The minimum Gasteiger partial charge on any atom is -0.481 e. The van der Waals surface area contributed by atoms with Crippen molar-refractivity contribution in [1.29, 1.82) is 0 Å². The first kappa shape index (κ1) is 28.7. The second-order valence-electron chi connectivity index (χ2n) is 12.3. The van der Waals surface area contributed by atoms with Crippen LogP contribution >= 0.6 is 0 Å². The predicted molar refractivity (Wildman–Crippen MR) is 142 cm³/mol. The maximum atomic E-state index is 11.4. The van der Waals surface area contributed by atoms with Gasteiger partial charge in [-0.15, -0.1) is 0 Å². The Hall–Kier alpha value is -0.530. The average Bonchev–Trinajstić information content (AvgIpc) is 3.18. The van der Waals surface area contributed by atoms with E-state index in [1.165, 1.54) is 64.2 Å². The minimum absolute atomic E-state index is 0.204. The van der Waals surface area contributed by atoms with E-state index in [0.29, 0.717) is 16.7 Å². The van der Waals surface area contributed by atoms with Gasteiger partial charge in [0.1, 0.15) is 0 Å². The summed E-state index contributed by atoms with van der Waals surface area (Å²) in [7, 11) is 0. The summed E-state index contributed by atoms with van der Waals surface area (Å²) in [5, 5.41) is 9.42. The zero-order valence-corrected chi connectivity index (χ0v) is 23.8. The molecule has 0 saturated heterocycles. The van der Waals surface area contributed by atoms with Gasteiger partial charge in [-0.2, -0.15) is 0 Å².